The summed E-state index contributed by atoms with van der Waals surface area (Å²) >= 11 is 0. The molecule has 0 heterocycles. The van der Waals surface area contributed by atoms with Crippen molar-refractivity contribution in [3.05, 3.63) is 23.8 Å². The number of ether oxygens (including phenoxy) is 2. The Kier molecular flexibility index (Phi) is 5.53. The summed E-state index contributed by atoms with van der Waals surface area (Å²) in [6.07, 6.45) is 0. The number of carbonyl (C=O) groups is 3. The first-order valence-electron chi connectivity index (χ1n) is 5.89. The van der Waals surface area contributed by atoms with E-state index in [4.69, 9.17) is 9.84 Å². The molecule has 0 saturated heterocycles. The lowest BCUT2D eigenvalue weighted by molar-refractivity contribution is -0.140. The molecule has 1 rings (SSSR count). The van der Waals surface area contributed by atoms with Crippen LogP contribution >= 0.6 is 0 Å². The minimum Gasteiger partial charge on any atom is -0.496 e. The van der Waals surface area contributed by atoms with Crippen LogP contribution in [0, 0.1) is 0 Å². The van der Waals surface area contributed by atoms with Gasteiger partial charge in [0.2, 0.25) is 0 Å². The van der Waals surface area contributed by atoms with Crippen LogP contribution in [0.2, 0.25) is 0 Å². The Morgan fingerprint density at radius 1 is 1.29 bits per heavy atom. The van der Waals surface area contributed by atoms with Crippen LogP contribution < -0.4 is 10.1 Å². The lowest BCUT2D eigenvalue weighted by Crippen LogP contribution is -2.35. The second kappa shape index (κ2) is 7.13. The Balaban J connectivity index is 2.81. The first-order valence-corrected chi connectivity index (χ1v) is 5.89. The molecule has 0 aliphatic rings. The van der Waals surface area contributed by atoms with Crippen molar-refractivity contribution in [3.63, 3.8) is 0 Å². The maximum Gasteiger partial charge on any atom is 0.339 e. The molecule has 21 heavy (non-hydrogen) atoms. The predicted molar refractivity (Wildman–Crippen MR) is 73.6 cm³/mol. The van der Waals surface area contributed by atoms with Gasteiger partial charge in [0.1, 0.15) is 17.9 Å². The molecule has 0 fully saturated rings. The molecule has 0 spiro atoms. The van der Waals surface area contributed by atoms with Crippen molar-refractivity contribution in [1.29, 1.82) is 0 Å². The third kappa shape index (κ3) is 4.37. The van der Waals surface area contributed by atoms with Crippen molar-refractivity contribution in [1.82, 2.24) is 4.90 Å². The molecule has 0 aromatic heterocycles. The fraction of sp³-hybridized carbons (Fsp3) is 0.308. The largest absolute Gasteiger partial charge is 0.496 e. The summed E-state index contributed by atoms with van der Waals surface area (Å²) in [4.78, 5) is 35.0. The minimum absolute atomic E-state index is 0.0154. The van der Waals surface area contributed by atoms with Gasteiger partial charge < -0.3 is 24.8 Å². The second-order valence-electron chi connectivity index (χ2n) is 4.08. The summed E-state index contributed by atoms with van der Waals surface area (Å²) in [6, 6.07) is 3.59. The second-order valence-corrected chi connectivity index (χ2v) is 4.08. The number of nitrogens with zero attached hydrogens (tertiary/aromatic N) is 1. The maximum absolute atomic E-state index is 11.8. The molecule has 0 radical (unpaired) electrons. The molecule has 0 aliphatic heterocycles. The minimum atomic E-state index is -1.13. The van der Waals surface area contributed by atoms with Crippen LogP contribution in [-0.2, 0) is 9.53 Å². The molecule has 2 amide bonds. The highest BCUT2D eigenvalue weighted by Gasteiger charge is 2.15. The number of anilines is 1. The fourth-order valence-electron chi connectivity index (χ4n) is 1.49. The SMILES string of the molecule is COC(=O)CN(C)C(=O)Nc1ccc(C(=O)O)c(OC)c1. The van der Waals surface area contributed by atoms with Gasteiger partial charge in [0.15, 0.2) is 0 Å². The van der Waals surface area contributed by atoms with Crippen LogP contribution in [0.1, 0.15) is 10.4 Å². The number of hydrogen-bond acceptors (Lipinski definition) is 5. The van der Waals surface area contributed by atoms with E-state index in [0.29, 0.717) is 5.69 Å². The number of carbonyl (C=O) groups excluding carboxylic acids is 2. The van der Waals surface area contributed by atoms with Crippen LogP contribution in [-0.4, -0.2) is 55.8 Å². The van der Waals surface area contributed by atoms with Gasteiger partial charge >= 0.3 is 18.0 Å². The Bertz CT molecular complexity index is 558. The summed E-state index contributed by atoms with van der Waals surface area (Å²) < 4.78 is 9.41. The Morgan fingerprint density at radius 3 is 2.48 bits per heavy atom. The molecular weight excluding hydrogens is 280 g/mol. The zero-order valence-corrected chi connectivity index (χ0v) is 11.9. The summed E-state index contributed by atoms with van der Waals surface area (Å²) in [5.74, 6) is -1.56. The van der Waals surface area contributed by atoms with Crippen molar-refractivity contribution >= 4 is 23.7 Å². The normalized spacial score (nSPS) is 9.67. The van der Waals surface area contributed by atoms with Gasteiger partial charge in [-0.05, 0) is 12.1 Å². The van der Waals surface area contributed by atoms with E-state index in [0.717, 1.165) is 4.90 Å². The monoisotopic (exact) mass is 296 g/mol. The van der Waals surface area contributed by atoms with Gasteiger partial charge in [-0.25, -0.2) is 9.59 Å². The van der Waals surface area contributed by atoms with Gasteiger partial charge in [-0.2, -0.15) is 0 Å². The number of likely N-dealkylation sites (N-methyl/N-ethyl adjacent to an activating group) is 1. The van der Waals surface area contributed by atoms with E-state index < -0.39 is 18.0 Å². The highest BCUT2D eigenvalue weighted by Crippen LogP contribution is 2.23. The number of carboxylic acids is 1. The van der Waals surface area contributed by atoms with Crippen LogP contribution in [0.5, 0.6) is 5.75 Å². The Morgan fingerprint density at radius 2 is 1.95 bits per heavy atom. The zero-order valence-electron chi connectivity index (χ0n) is 11.9. The van der Waals surface area contributed by atoms with Crippen molar-refractivity contribution in [2.45, 2.75) is 0 Å². The van der Waals surface area contributed by atoms with Crippen LogP contribution in [0.15, 0.2) is 18.2 Å². The Labute approximate surface area is 121 Å². The smallest absolute Gasteiger partial charge is 0.339 e. The number of aromatic carboxylic acids is 1. The molecule has 1 aromatic rings. The zero-order chi connectivity index (χ0) is 16.0. The quantitative estimate of drug-likeness (QED) is 0.786. The van der Waals surface area contributed by atoms with E-state index in [9.17, 15) is 14.4 Å². The fourth-order valence-corrected chi connectivity index (χ4v) is 1.49. The lowest BCUT2D eigenvalue weighted by Gasteiger charge is -2.17. The van der Waals surface area contributed by atoms with E-state index in [-0.39, 0.29) is 17.9 Å². The van der Waals surface area contributed by atoms with E-state index in [1.807, 2.05) is 0 Å². The van der Waals surface area contributed by atoms with Gasteiger partial charge in [-0.1, -0.05) is 0 Å². The van der Waals surface area contributed by atoms with E-state index in [1.165, 1.54) is 39.5 Å². The molecule has 0 bridgehead atoms. The van der Waals surface area contributed by atoms with Gasteiger partial charge in [0.05, 0.1) is 14.2 Å². The molecule has 8 nitrogen and oxygen atoms in total. The topological polar surface area (TPSA) is 105 Å². The first kappa shape index (κ1) is 16.3. The number of benzene rings is 1. The molecule has 0 aliphatic carbocycles. The highest BCUT2D eigenvalue weighted by molar-refractivity contribution is 5.94. The number of nitrogens with one attached hydrogen (secondary N) is 1. The number of carboxylic acid groups (broad SMARTS) is 1. The summed E-state index contributed by atoms with van der Waals surface area (Å²) in [7, 11) is 3.98. The number of rotatable bonds is 5. The van der Waals surface area contributed by atoms with Gasteiger partial charge in [-0.3, -0.25) is 4.79 Å². The number of amides is 2. The summed E-state index contributed by atoms with van der Waals surface area (Å²) in [6.45, 7) is -0.202. The van der Waals surface area contributed by atoms with Crippen molar-refractivity contribution < 1.29 is 29.0 Å². The molecule has 0 unspecified atom stereocenters. The highest BCUT2D eigenvalue weighted by atomic mass is 16.5. The maximum atomic E-state index is 11.8. The predicted octanol–water partition coefficient (Wildman–Crippen LogP) is 1.03. The van der Waals surface area contributed by atoms with E-state index in [2.05, 4.69) is 10.1 Å². The number of urea groups is 1. The molecule has 2 N–H and O–H groups in total. The molecule has 8 heteroatoms. The van der Waals surface area contributed by atoms with Crippen LogP contribution in [0.3, 0.4) is 0 Å². The lowest BCUT2D eigenvalue weighted by atomic mass is 10.2. The number of hydrogen-bond donors (Lipinski definition) is 2. The standard InChI is InChI=1S/C13H16N2O6/c1-15(7-11(16)21-3)13(19)14-8-4-5-9(12(17)18)10(6-8)20-2/h4-6H,7H2,1-3H3,(H,14,19)(H,17,18). The molecule has 0 saturated carbocycles. The molecular formula is C13H16N2O6. The third-order valence-corrected chi connectivity index (χ3v) is 2.62. The van der Waals surface area contributed by atoms with Crippen molar-refractivity contribution in [2.24, 2.45) is 0 Å². The number of esters is 1. The molecule has 114 valence electrons. The van der Waals surface area contributed by atoms with Gasteiger partial charge in [0, 0.05) is 18.8 Å². The summed E-state index contributed by atoms with van der Waals surface area (Å²) in [5.41, 5.74) is 0.331. The van der Waals surface area contributed by atoms with Gasteiger partial charge in [0.25, 0.3) is 0 Å². The summed E-state index contributed by atoms with van der Waals surface area (Å²) in [5, 5.41) is 11.5. The average Bonchev–Trinajstić information content (AvgIpc) is 2.46. The van der Waals surface area contributed by atoms with Crippen molar-refractivity contribution in [3.8, 4) is 5.75 Å². The average molecular weight is 296 g/mol. The van der Waals surface area contributed by atoms with Gasteiger partial charge in [-0.15, -0.1) is 0 Å². The first-order chi connectivity index (χ1) is 9.88. The van der Waals surface area contributed by atoms with E-state index >= 15 is 0 Å². The third-order valence-electron chi connectivity index (χ3n) is 2.62. The molecule has 0 atom stereocenters. The van der Waals surface area contributed by atoms with E-state index in [1.54, 1.807) is 0 Å². The Hall–Kier alpha value is -2.77. The van der Waals surface area contributed by atoms with Crippen LogP contribution in [0.25, 0.3) is 0 Å². The molecule has 1 aromatic carbocycles. The van der Waals surface area contributed by atoms with Crippen molar-refractivity contribution in [2.75, 3.05) is 33.1 Å². The van der Waals surface area contributed by atoms with Crippen LogP contribution in [0.4, 0.5) is 10.5 Å². The number of methoxy groups -OCH3 is 2.